The van der Waals surface area contributed by atoms with Crippen LogP contribution in [0.25, 0.3) is 89.7 Å². The number of fused-ring (bicyclic) bond motifs is 20. The topological polar surface area (TPSA) is 161 Å². The van der Waals surface area contributed by atoms with Gasteiger partial charge in [-0.1, -0.05) is 112 Å². The van der Waals surface area contributed by atoms with Gasteiger partial charge in [-0.05, 0) is 109 Å². The number of aromatic nitrogens is 8. The summed E-state index contributed by atoms with van der Waals surface area (Å²) in [6, 6.07) is 18.0. The third-order valence-electron chi connectivity index (χ3n) is 13.0. The first-order chi connectivity index (χ1) is 37.0. The predicted molar refractivity (Wildman–Crippen MR) is 312 cm³/mol. The predicted octanol–water partition coefficient (Wildman–Crippen LogP) is 14.0. The molecule has 0 fully saturated rings. The average molecular weight is 1250 g/mol. The quantitative estimate of drug-likeness (QED) is 0.0319. The Morgan fingerprint density at radius 1 is 0.377 bits per heavy atom. The molecule has 14 nitrogen and oxygen atoms in total. The molecule has 5 heterocycles. The first kappa shape index (κ1) is 56.9. The molecule has 400 valence electrons. The van der Waals surface area contributed by atoms with E-state index >= 15 is 0 Å². The van der Waals surface area contributed by atoms with E-state index in [1.54, 1.807) is 0 Å². The fourth-order valence-corrected chi connectivity index (χ4v) is 9.17. The van der Waals surface area contributed by atoms with Gasteiger partial charge < -0.3 is 58.3 Å². The Labute approximate surface area is 474 Å². The number of nitrogens with zero attached hydrogens (tertiary/aromatic N) is 8. The number of hydrogen-bond acceptors (Lipinski definition) is 12. The van der Waals surface area contributed by atoms with Crippen LogP contribution in [0, 0.1) is 11.5 Å². The average Bonchev–Trinajstić information content (AvgIpc) is 4.23. The summed E-state index contributed by atoms with van der Waals surface area (Å²) >= 11 is 0. The second kappa shape index (κ2) is 26.4. The largest absolute Gasteiger partial charge is 2.00 e. The molecule has 0 saturated heterocycles. The van der Waals surface area contributed by atoms with E-state index in [9.17, 15) is 0 Å². The molecule has 77 heavy (non-hydrogen) atoms. The van der Waals surface area contributed by atoms with Crippen LogP contribution in [0.15, 0.2) is 54.6 Å². The van der Waals surface area contributed by atoms with Gasteiger partial charge in [0.1, 0.15) is 8.07 Å². The SMILES string of the molecule is CCCCOc1cc2c(cc1OCCCC)-c1nc-2nc2[n-]c(nc3nc(nc4[n-]c(n1)c1cc(OCCCC)c(OCCCC)cc41)-c1cc(C#C[Si](C)(C)C)ccc1-3)c1cc(OCCCC)c(OCCCC)cc21.[Pb+2]. The molecule has 0 amide bonds. The fourth-order valence-electron chi connectivity index (χ4n) is 8.65. The van der Waals surface area contributed by atoms with Crippen LogP contribution in [-0.2, 0) is 0 Å². The van der Waals surface area contributed by atoms with Crippen molar-refractivity contribution < 1.29 is 28.4 Å². The van der Waals surface area contributed by atoms with E-state index in [-0.39, 0.29) is 27.3 Å². The van der Waals surface area contributed by atoms with Gasteiger partial charge in [-0.2, -0.15) is 0 Å². The Hall–Kier alpha value is -6.26. The van der Waals surface area contributed by atoms with Gasteiger partial charge in [0.15, 0.2) is 34.5 Å². The molecule has 7 aromatic rings. The molecule has 2 aliphatic rings. The van der Waals surface area contributed by atoms with Crippen LogP contribution in [0.4, 0.5) is 0 Å². The maximum atomic E-state index is 6.49. The first-order valence-corrected chi connectivity index (χ1v) is 31.2. The van der Waals surface area contributed by atoms with E-state index in [0.29, 0.717) is 137 Å². The van der Waals surface area contributed by atoms with Gasteiger partial charge in [-0.15, -0.1) is 5.54 Å². The van der Waals surface area contributed by atoms with Gasteiger partial charge in [0.25, 0.3) is 0 Å². The smallest absolute Gasteiger partial charge is 0.490 e. The monoisotopic (exact) mass is 1250 g/mol. The molecule has 16 heteroatoms. The summed E-state index contributed by atoms with van der Waals surface area (Å²) in [5.41, 5.74) is 8.99. The number of ether oxygens (including phenoxy) is 6. The maximum Gasteiger partial charge on any atom is 2.00 e. The van der Waals surface area contributed by atoms with Crippen molar-refractivity contribution >= 4 is 79.5 Å². The van der Waals surface area contributed by atoms with Gasteiger partial charge in [0.05, 0.1) is 62.9 Å². The van der Waals surface area contributed by atoms with Gasteiger partial charge in [-0.3, -0.25) is 0 Å². The van der Waals surface area contributed by atoms with Crippen LogP contribution < -0.4 is 38.4 Å². The van der Waals surface area contributed by atoms with Crippen molar-refractivity contribution in [3.8, 4) is 91.5 Å². The fraction of sp³-hybridized carbons (Fsp3) is 0.443. The molecular formula is C61H72N8O6PbSi. The Morgan fingerprint density at radius 2 is 0.662 bits per heavy atom. The van der Waals surface area contributed by atoms with Crippen molar-refractivity contribution in [3.63, 3.8) is 0 Å². The molecule has 4 aromatic carbocycles. The van der Waals surface area contributed by atoms with E-state index in [4.69, 9.17) is 68.3 Å². The van der Waals surface area contributed by atoms with E-state index in [1.165, 1.54) is 0 Å². The zero-order chi connectivity index (χ0) is 53.2. The van der Waals surface area contributed by atoms with Crippen molar-refractivity contribution in [2.45, 2.75) is 138 Å². The van der Waals surface area contributed by atoms with Gasteiger partial charge in [0.2, 0.25) is 0 Å². The minimum Gasteiger partial charge on any atom is -0.490 e. The maximum absolute atomic E-state index is 6.49. The Bertz CT molecular complexity index is 3450. The molecule has 8 bridgehead atoms. The van der Waals surface area contributed by atoms with E-state index in [1.807, 2.05) is 48.5 Å². The van der Waals surface area contributed by atoms with Gasteiger partial charge in [-0.25, -0.2) is 9.97 Å². The molecular weight excluding hydrogens is 1180 g/mol. The van der Waals surface area contributed by atoms with Crippen LogP contribution in [-0.4, -0.2) is 105 Å². The van der Waals surface area contributed by atoms with E-state index in [0.717, 1.165) is 110 Å². The molecule has 3 aromatic heterocycles. The zero-order valence-electron chi connectivity index (χ0n) is 46.5. The van der Waals surface area contributed by atoms with E-state index in [2.05, 4.69) is 78.7 Å². The third-order valence-corrected chi connectivity index (χ3v) is 13.9. The summed E-state index contributed by atoms with van der Waals surface area (Å²) in [6.07, 6.45) is 11.2. The summed E-state index contributed by atoms with van der Waals surface area (Å²) in [6.45, 7) is 22.7. The summed E-state index contributed by atoms with van der Waals surface area (Å²) in [4.78, 5) is 42.3. The number of benzene rings is 4. The van der Waals surface area contributed by atoms with Crippen LogP contribution in [0.3, 0.4) is 0 Å². The van der Waals surface area contributed by atoms with Crippen LogP contribution in [0.5, 0.6) is 34.5 Å². The first-order valence-electron chi connectivity index (χ1n) is 27.7. The molecule has 0 spiro atoms. The summed E-state index contributed by atoms with van der Waals surface area (Å²) in [5, 5.41) is 2.88. The molecule has 2 aliphatic heterocycles. The minimum absolute atomic E-state index is 0. The van der Waals surface area contributed by atoms with E-state index < -0.39 is 8.07 Å². The molecule has 0 aliphatic carbocycles. The van der Waals surface area contributed by atoms with Crippen LogP contribution in [0.1, 0.15) is 124 Å². The molecule has 0 N–H and O–H groups in total. The van der Waals surface area contributed by atoms with Crippen molar-refractivity contribution in [3.05, 3.63) is 60.2 Å². The molecule has 2 radical (unpaired) electrons. The summed E-state index contributed by atoms with van der Waals surface area (Å²) < 4.78 is 38.9. The van der Waals surface area contributed by atoms with Crippen molar-refractivity contribution in [2.24, 2.45) is 0 Å². The second-order valence-corrected chi connectivity index (χ2v) is 25.2. The molecule has 0 unspecified atom stereocenters. The summed E-state index contributed by atoms with van der Waals surface area (Å²) in [5.74, 6) is 8.78. The van der Waals surface area contributed by atoms with Crippen LogP contribution in [0.2, 0.25) is 19.6 Å². The second-order valence-electron chi connectivity index (χ2n) is 20.5. The standard InChI is InChI=1S/C61H72N8O6Si.Pb/c1-10-16-25-70-48-33-42-43(34-49(48)71-26-17-11-2)58-65-56(42)63-54-40-23-22-39(24-31-76(7,8)9)32-41(40)55(62-54)64-57-44-35-50(72-27-18-12-3)51(73-28-19-13-4)36-45(44)59(66-57)68-61-47-38-53(75-30-21-15-6)52(74-29-20-14-5)37-46(47)60(67-58)69-61;/h22-23,32-38H,10-21,25-30H2,1-9H3;/q-2;+2. The molecule has 9 rings (SSSR count). The van der Waals surface area contributed by atoms with Gasteiger partial charge >= 0.3 is 27.3 Å². The van der Waals surface area contributed by atoms with Crippen molar-refractivity contribution in [1.29, 1.82) is 0 Å². The Morgan fingerprint density at radius 3 is 0.961 bits per heavy atom. The van der Waals surface area contributed by atoms with Crippen molar-refractivity contribution in [1.82, 2.24) is 39.9 Å². The zero-order valence-corrected chi connectivity index (χ0v) is 51.3. The third kappa shape index (κ3) is 13.4. The number of hydrogen-bond donors (Lipinski definition) is 0. The number of rotatable bonds is 24. The number of unbranched alkanes of at least 4 members (excludes halogenated alkanes) is 6. The van der Waals surface area contributed by atoms with Gasteiger partial charge in [0, 0.05) is 50.4 Å². The normalized spacial score (nSPS) is 11.6. The Balaban J connectivity index is 0.00000784. The summed E-state index contributed by atoms with van der Waals surface area (Å²) in [7, 11) is -1.72. The van der Waals surface area contributed by atoms with Crippen molar-refractivity contribution in [2.75, 3.05) is 39.6 Å². The Kier molecular flexibility index (Phi) is 19.5. The molecule has 0 atom stereocenters. The van der Waals surface area contributed by atoms with Crippen LogP contribution >= 0.6 is 0 Å². The minimum atomic E-state index is -1.72. The molecule has 0 saturated carbocycles.